The van der Waals surface area contributed by atoms with Crippen LogP contribution in [-0.2, 0) is 4.74 Å². The molecule has 1 aromatic heterocycles. The Labute approximate surface area is 146 Å². The lowest BCUT2D eigenvalue weighted by Gasteiger charge is -2.12. The standard InChI is InChI=1S/C18H22N4O3/c1-12-20-16(10-17(21-12)19-11-15-4-3-9-25-15)18(23)22-13-5-7-14(24-2)8-6-13/h5-8,10,15H,3-4,9,11H2,1-2H3,(H,22,23)(H,19,20,21). The van der Waals surface area contributed by atoms with Gasteiger partial charge in [-0.05, 0) is 44.0 Å². The summed E-state index contributed by atoms with van der Waals surface area (Å²) in [5.41, 5.74) is 0.995. The average Bonchev–Trinajstić information content (AvgIpc) is 3.14. The van der Waals surface area contributed by atoms with Gasteiger partial charge in [-0.2, -0.15) is 0 Å². The molecule has 1 aromatic carbocycles. The average molecular weight is 342 g/mol. The first-order chi connectivity index (χ1) is 12.1. The number of benzene rings is 1. The van der Waals surface area contributed by atoms with Crippen LogP contribution in [0.1, 0.15) is 29.2 Å². The zero-order valence-corrected chi connectivity index (χ0v) is 14.4. The molecule has 2 heterocycles. The topological polar surface area (TPSA) is 85.4 Å². The van der Waals surface area contributed by atoms with Crippen molar-refractivity contribution in [3.8, 4) is 5.75 Å². The molecule has 1 unspecified atom stereocenters. The number of aromatic nitrogens is 2. The van der Waals surface area contributed by atoms with E-state index in [1.165, 1.54) is 0 Å². The maximum Gasteiger partial charge on any atom is 0.274 e. The minimum absolute atomic E-state index is 0.201. The van der Waals surface area contributed by atoms with Crippen molar-refractivity contribution >= 4 is 17.4 Å². The second-order valence-corrected chi connectivity index (χ2v) is 5.88. The third kappa shape index (κ3) is 4.67. The number of methoxy groups -OCH3 is 1. The molecule has 1 atom stereocenters. The maximum atomic E-state index is 12.4. The van der Waals surface area contributed by atoms with Crippen LogP contribution in [0.5, 0.6) is 5.75 Å². The van der Waals surface area contributed by atoms with Crippen LogP contribution >= 0.6 is 0 Å². The Hall–Kier alpha value is -2.67. The van der Waals surface area contributed by atoms with Crippen molar-refractivity contribution in [1.29, 1.82) is 0 Å². The van der Waals surface area contributed by atoms with Crippen LogP contribution < -0.4 is 15.4 Å². The fraction of sp³-hybridized carbons (Fsp3) is 0.389. The summed E-state index contributed by atoms with van der Waals surface area (Å²) in [4.78, 5) is 21.0. The Kier molecular flexibility index (Phi) is 5.45. The van der Waals surface area contributed by atoms with Gasteiger partial charge in [-0.25, -0.2) is 9.97 Å². The van der Waals surface area contributed by atoms with Crippen molar-refractivity contribution < 1.29 is 14.3 Å². The number of rotatable bonds is 6. The summed E-state index contributed by atoms with van der Waals surface area (Å²) in [7, 11) is 1.60. The van der Waals surface area contributed by atoms with Crippen LogP contribution in [0.3, 0.4) is 0 Å². The first-order valence-corrected chi connectivity index (χ1v) is 8.30. The second-order valence-electron chi connectivity index (χ2n) is 5.88. The zero-order valence-electron chi connectivity index (χ0n) is 14.4. The second kappa shape index (κ2) is 7.94. The maximum absolute atomic E-state index is 12.4. The lowest BCUT2D eigenvalue weighted by atomic mass is 10.2. The summed E-state index contributed by atoms with van der Waals surface area (Å²) in [6.07, 6.45) is 2.33. The largest absolute Gasteiger partial charge is 0.497 e. The Balaban J connectivity index is 1.66. The van der Waals surface area contributed by atoms with E-state index in [0.717, 1.165) is 25.2 Å². The summed E-state index contributed by atoms with van der Waals surface area (Å²) in [5.74, 6) is 1.62. The van der Waals surface area contributed by atoms with Crippen molar-refractivity contribution in [2.45, 2.75) is 25.9 Å². The van der Waals surface area contributed by atoms with Crippen molar-refractivity contribution in [1.82, 2.24) is 9.97 Å². The van der Waals surface area contributed by atoms with Gasteiger partial charge < -0.3 is 20.1 Å². The minimum atomic E-state index is -0.282. The van der Waals surface area contributed by atoms with E-state index in [1.54, 1.807) is 44.4 Å². The molecule has 0 radical (unpaired) electrons. The molecule has 25 heavy (non-hydrogen) atoms. The van der Waals surface area contributed by atoms with Crippen LogP contribution in [-0.4, -0.2) is 42.2 Å². The van der Waals surface area contributed by atoms with Gasteiger partial charge in [0.2, 0.25) is 0 Å². The van der Waals surface area contributed by atoms with Crippen LogP contribution in [0.25, 0.3) is 0 Å². The SMILES string of the molecule is COc1ccc(NC(=O)c2cc(NCC3CCCO3)nc(C)n2)cc1. The van der Waals surface area contributed by atoms with Crippen molar-refractivity contribution in [2.24, 2.45) is 0 Å². The third-order valence-corrected chi connectivity index (χ3v) is 3.95. The number of amides is 1. The minimum Gasteiger partial charge on any atom is -0.497 e. The molecule has 1 aliphatic rings. The Bertz CT molecular complexity index is 728. The fourth-order valence-electron chi connectivity index (χ4n) is 2.67. The van der Waals surface area contributed by atoms with Gasteiger partial charge in [0.15, 0.2) is 0 Å². The van der Waals surface area contributed by atoms with Gasteiger partial charge in [-0.3, -0.25) is 4.79 Å². The molecule has 0 bridgehead atoms. The summed E-state index contributed by atoms with van der Waals surface area (Å²) in [5, 5.41) is 6.05. The van der Waals surface area contributed by atoms with Gasteiger partial charge in [0.05, 0.1) is 13.2 Å². The number of nitrogens with zero attached hydrogens (tertiary/aromatic N) is 2. The summed E-state index contributed by atoms with van der Waals surface area (Å²) in [6.45, 7) is 3.25. The number of nitrogens with one attached hydrogen (secondary N) is 2. The molecule has 1 fully saturated rings. The number of carbonyl (C=O) groups is 1. The normalized spacial score (nSPS) is 16.5. The summed E-state index contributed by atoms with van der Waals surface area (Å²) in [6, 6.07) is 8.79. The summed E-state index contributed by atoms with van der Waals surface area (Å²) < 4.78 is 10.7. The first-order valence-electron chi connectivity index (χ1n) is 8.30. The Morgan fingerprint density at radius 2 is 2.12 bits per heavy atom. The number of hydrogen-bond donors (Lipinski definition) is 2. The van der Waals surface area contributed by atoms with Gasteiger partial charge in [-0.15, -0.1) is 0 Å². The highest BCUT2D eigenvalue weighted by Crippen LogP contribution is 2.17. The van der Waals surface area contributed by atoms with Crippen molar-refractivity contribution in [2.75, 3.05) is 30.9 Å². The number of anilines is 2. The van der Waals surface area contributed by atoms with Crippen molar-refractivity contribution in [3.63, 3.8) is 0 Å². The molecule has 3 rings (SSSR count). The van der Waals surface area contributed by atoms with E-state index >= 15 is 0 Å². The molecule has 0 spiro atoms. The lowest BCUT2D eigenvalue weighted by Crippen LogP contribution is -2.20. The molecule has 2 N–H and O–H groups in total. The van der Waals surface area contributed by atoms with Crippen LogP contribution in [0.15, 0.2) is 30.3 Å². The number of carbonyl (C=O) groups excluding carboxylic acids is 1. The highest BCUT2D eigenvalue weighted by molar-refractivity contribution is 6.03. The van der Waals surface area contributed by atoms with E-state index in [1.807, 2.05) is 0 Å². The van der Waals surface area contributed by atoms with Gasteiger partial charge in [0.1, 0.15) is 23.1 Å². The Morgan fingerprint density at radius 3 is 2.80 bits per heavy atom. The first kappa shape index (κ1) is 17.2. The lowest BCUT2D eigenvalue weighted by molar-refractivity contribution is 0.102. The van der Waals surface area contributed by atoms with Gasteiger partial charge >= 0.3 is 0 Å². The van der Waals surface area contributed by atoms with E-state index < -0.39 is 0 Å². The van der Waals surface area contributed by atoms with E-state index in [4.69, 9.17) is 9.47 Å². The molecular formula is C18H22N4O3. The molecule has 0 aliphatic carbocycles. The molecule has 7 heteroatoms. The molecule has 132 valence electrons. The van der Waals surface area contributed by atoms with E-state index in [0.29, 0.717) is 29.6 Å². The highest BCUT2D eigenvalue weighted by atomic mass is 16.5. The smallest absolute Gasteiger partial charge is 0.274 e. The van der Waals surface area contributed by atoms with E-state index in [9.17, 15) is 4.79 Å². The molecule has 1 amide bonds. The summed E-state index contributed by atoms with van der Waals surface area (Å²) >= 11 is 0. The predicted octanol–water partition coefficient (Wildman–Crippen LogP) is 2.64. The van der Waals surface area contributed by atoms with Crippen LogP contribution in [0, 0.1) is 6.92 Å². The quantitative estimate of drug-likeness (QED) is 0.839. The predicted molar refractivity (Wildman–Crippen MR) is 95.2 cm³/mol. The number of aryl methyl sites for hydroxylation is 1. The molecule has 7 nitrogen and oxygen atoms in total. The Morgan fingerprint density at radius 1 is 1.32 bits per heavy atom. The molecule has 0 saturated carbocycles. The van der Waals surface area contributed by atoms with Gasteiger partial charge in [0.25, 0.3) is 5.91 Å². The number of hydrogen-bond acceptors (Lipinski definition) is 6. The molecule has 2 aromatic rings. The highest BCUT2D eigenvalue weighted by Gasteiger charge is 2.16. The van der Waals surface area contributed by atoms with E-state index in [-0.39, 0.29) is 12.0 Å². The van der Waals surface area contributed by atoms with Crippen LogP contribution in [0.2, 0.25) is 0 Å². The molecular weight excluding hydrogens is 320 g/mol. The van der Waals surface area contributed by atoms with E-state index in [2.05, 4.69) is 20.6 Å². The zero-order chi connectivity index (χ0) is 17.6. The number of ether oxygens (including phenoxy) is 2. The molecule has 1 saturated heterocycles. The molecule has 1 aliphatic heterocycles. The van der Waals surface area contributed by atoms with Gasteiger partial charge in [0, 0.05) is 24.9 Å². The monoisotopic (exact) mass is 342 g/mol. The fourth-order valence-corrected chi connectivity index (χ4v) is 2.67. The van der Waals surface area contributed by atoms with Gasteiger partial charge in [-0.1, -0.05) is 0 Å². The third-order valence-electron chi connectivity index (χ3n) is 3.95. The van der Waals surface area contributed by atoms with Crippen molar-refractivity contribution in [3.05, 3.63) is 41.9 Å². The van der Waals surface area contributed by atoms with Crippen LogP contribution in [0.4, 0.5) is 11.5 Å².